The Balaban J connectivity index is 2.28. The normalized spacial score (nSPS) is 21.7. The summed E-state index contributed by atoms with van der Waals surface area (Å²) in [7, 11) is -0.161. The first kappa shape index (κ1) is 19.5. The molecule has 0 aliphatic carbocycles. The molecule has 0 aromatic carbocycles. The Morgan fingerprint density at radius 2 is 1.59 bits per heavy atom. The average Bonchev–Trinajstić information content (AvgIpc) is 2.51. The van der Waals surface area contributed by atoms with Crippen LogP contribution in [-0.4, -0.2) is 29.9 Å². The summed E-state index contributed by atoms with van der Waals surface area (Å²) in [5.41, 5.74) is -0.946. The molecule has 22 heavy (non-hydrogen) atoms. The predicted molar refractivity (Wildman–Crippen MR) is 89.8 cm³/mol. The summed E-state index contributed by atoms with van der Waals surface area (Å²) in [6.07, 6.45) is 3.29. The molecule has 1 unspecified atom stereocenters. The Bertz CT molecular complexity index is 369. The van der Waals surface area contributed by atoms with Crippen LogP contribution in [0.2, 0.25) is 5.82 Å². The van der Waals surface area contributed by atoms with E-state index in [0.29, 0.717) is 12.2 Å². The molecule has 1 saturated heterocycles. The maximum Gasteiger partial charge on any atom is 0.460 e. The molecule has 0 bridgehead atoms. The zero-order valence-corrected chi connectivity index (χ0v) is 15.6. The van der Waals surface area contributed by atoms with Crippen LogP contribution in [0.3, 0.4) is 0 Å². The topological polar surface area (TPSA) is 44.8 Å². The zero-order valence-electron chi connectivity index (χ0n) is 15.6. The van der Waals surface area contributed by atoms with Crippen LogP contribution in [0.25, 0.3) is 0 Å². The van der Waals surface area contributed by atoms with Crippen LogP contribution in [0.1, 0.15) is 81.1 Å². The Labute approximate surface area is 136 Å². The van der Waals surface area contributed by atoms with Crippen LogP contribution in [0.5, 0.6) is 0 Å². The lowest BCUT2D eigenvalue weighted by molar-refractivity contribution is -0.154. The number of carbonyl (C=O) groups excluding carboxylic acids is 1. The van der Waals surface area contributed by atoms with Crippen molar-refractivity contribution >= 4 is 13.1 Å². The first-order chi connectivity index (χ1) is 9.84. The Morgan fingerprint density at radius 1 is 1.09 bits per heavy atom. The molecule has 128 valence electrons. The fraction of sp³-hybridized carbons (Fsp3) is 0.941. The van der Waals surface area contributed by atoms with E-state index in [2.05, 4.69) is 34.6 Å². The van der Waals surface area contributed by atoms with E-state index < -0.39 is 5.60 Å². The van der Waals surface area contributed by atoms with E-state index in [1.165, 1.54) is 0 Å². The van der Waals surface area contributed by atoms with Gasteiger partial charge >= 0.3 is 13.1 Å². The fourth-order valence-electron chi connectivity index (χ4n) is 2.39. The maximum absolute atomic E-state index is 11.7. The molecule has 0 aromatic rings. The summed E-state index contributed by atoms with van der Waals surface area (Å²) in [6, 6.07) is 0. The molecule has 0 N–H and O–H groups in total. The lowest BCUT2D eigenvalue weighted by atomic mass is 9.70. The molecule has 1 atom stereocenters. The monoisotopic (exact) mass is 312 g/mol. The van der Waals surface area contributed by atoms with Gasteiger partial charge in [-0.2, -0.15) is 0 Å². The van der Waals surface area contributed by atoms with Crippen LogP contribution < -0.4 is 0 Å². The Morgan fingerprint density at radius 3 is 2.05 bits per heavy atom. The van der Waals surface area contributed by atoms with Crippen molar-refractivity contribution in [1.29, 1.82) is 0 Å². The summed E-state index contributed by atoms with van der Waals surface area (Å²) < 4.78 is 17.4. The maximum atomic E-state index is 11.7. The SMILES string of the molecule is CC(CCCCC(=O)OC(C)(C)C)B1OC(C)(C)C(C)(C)O1. The van der Waals surface area contributed by atoms with Gasteiger partial charge < -0.3 is 14.0 Å². The Kier molecular flexibility index (Phi) is 6.13. The van der Waals surface area contributed by atoms with Crippen LogP contribution in [0.15, 0.2) is 0 Å². The standard InChI is InChI=1S/C17H33BO4/c1-13(18-21-16(5,6)17(7,8)22-18)11-9-10-12-14(19)20-15(2,3)4/h13H,9-12H2,1-8H3. The summed E-state index contributed by atoms with van der Waals surface area (Å²) >= 11 is 0. The first-order valence-corrected chi connectivity index (χ1v) is 8.41. The minimum Gasteiger partial charge on any atom is -0.460 e. The molecule has 1 rings (SSSR count). The van der Waals surface area contributed by atoms with Gasteiger partial charge in [0.05, 0.1) is 11.2 Å². The van der Waals surface area contributed by atoms with E-state index in [-0.39, 0.29) is 24.3 Å². The molecule has 0 spiro atoms. The molecule has 1 heterocycles. The minimum atomic E-state index is -0.396. The van der Waals surface area contributed by atoms with Crippen LogP contribution in [0, 0.1) is 0 Å². The van der Waals surface area contributed by atoms with E-state index in [9.17, 15) is 4.79 Å². The third kappa shape index (κ3) is 5.58. The van der Waals surface area contributed by atoms with Crippen molar-refractivity contribution in [2.45, 2.75) is 104 Å². The lowest BCUT2D eigenvalue weighted by Gasteiger charge is -2.32. The molecule has 1 aliphatic rings. The van der Waals surface area contributed by atoms with E-state index in [4.69, 9.17) is 14.0 Å². The van der Waals surface area contributed by atoms with Crippen molar-refractivity contribution in [2.24, 2.45) is 0 Å². The summed E-state index contributed by atoms with van der Waals surface area (Å²) in [4.78, 5) is 11.7. The molecular weight excluding hydrogens is 279 g/mol. The second kappa shape index (κ2) is 6.92. The van der Waals surface area contributed by atoms with Gasteiger partial charge in [-0.1, -0.05) is 19.8 Å². The van der Waals surface area contributed by atoms with Gasteiger partial charge in [-0.3, -0.25) is 4.79 Å². The molecule has 1 aliphatic heterocycles. The van der Waals surface area contributed by atoms with E-state index in [1.54, 1.807) is 0 Å². The molecule has 0 saturated carbocycles. The smallest absolute Gasteiger partial charge is 0.460 e. The van der Waals surface area contributed by atoms with Crippen LogP contribution in [0.4, 0.5) is 0 Å². The molecular formula is C17H33BO4. The van der Waals surface area contributed by atoms with Crippen molar-refractivity contribution in [3.8, 4) is 0 Å². The van der Waals surface area contributed by atoms with Gasteiger partial charge in [0.1, 0.15) is 5.60 Å². The number of hydrogen-bond donors (Lipinski definition) is 0. The summed E-state index contributed by atoms with van der Waals surface area (Å²) in [5, 5.41) is 0. The van der Waals surface area contributed by atoms with Gasteiger partial charge in [0.2, 0.25) is 0 Å². The highest BCUT2D eigenvalue weighted by atomic mass is 16.7. The second-order valence-electron chi connectivity index (χ2n) is 8.43. The van der Waals surface area contributed by atoms with Gasteiger partial charge in [-0.05, 0) is 60.7 Å². The van der Waals surface area contributed by atoms with Gasteiger partial charge in [0.15, 0.2) is 0 Å². The largest absolute Gasteiger partial charge is 0.460 e. The number of hydrogen-bond acceptors (Lipinski definition) is 4. The third-order valence-electron chi connectivity index (χ3n) is 4.45. The minimum absolute atomic E-state index is 0.115. The number of carbonyl (C=O) groups is 1. The van der Waals surface area contributed by atoms with Crippen molar-refractivity contribution in [2.75, 3.05) is 0 Å². The molecule has 0 aromatic heterocycles. The van der Waals surface area contributed by atoms with Crippen molar-refractivity contribution in [3.05, 3.63) is 0 Å². The van der Waals surface area contributed by atoms with Crippen LogP contribution >= 0.6 is 0 Å². The number of unbranched alkanes of at least 4 members (excludes halogenated alkanes) is 1. The van der Waals surface area contributed by atoms with E-state index >= 15 is 0 Å². The summed E-state index contributed by atoms with van der Waals surface area (Å²) in [6.45, 7) is 16.1. The second-order valence-corrected chi connectivity index (χ2v) is 8.43. The van der Waals surface area contributed by atoms with Crippen molar-refractivity contribution in [1.82, 2.24) is 0 Å². The third-order valence-corrected chi connectivity index (χ3v) is 4.45. The fourth-order valence-corrected chi connectivity index (χ4v) is 2.39. The van der Waals surface area contributed by atoms with Gasteiger partial charge in [0.25, 0.3) is 0 Å². The number of ether oxygens (including phenoxy) is 1. The number of rotatable bonds is 6. The van der Waals surface area contributed by atoms with Crippen molar-refractivity contribution in [3.63, 3.8) is 0 Å². The predicted octanol–water partition coefficient (Wildman–Crippen LogP) is 4.37. The summed E-state index contributed by atoms with van der Waals surface area (Å²) in [5.74, 6) is 0.204. The highest BCUT2D eigenvalue weighted by Crippen LogP contribution is 2.40. The first-order valence-electron chi connectivity index (χ1n) is 8.41. The number of esters is 1. The zero-order chi connectivity index (χ0) is 17.2. The molecule has 4 nitrogen and oxygen atoms in total. The molecule has 1 fully saturated rings. The quantitative estimate of drug-likeness (QED) is 0.415. The van der Waals surface area contributed by atoms with E-state index in [0.717, 1.165) is 19.3 Å². The highest BCUT2D eigenvalue weighted by Gasteiger charge is 2.52. The highest BCUT2D eigenvalue weighted by molar-refractivity contribution is 6.47. The molecule has 0 radical (unpaired) electrons. The van der Waals surface area contributed by atoms with E-state index in [1.807, 2.05) is 20.8 Å². The lowest BCUT2D eigenvalue weighted by Crippen LogP contribution is -2.41. The van der Waals surface area contributed by atoms with Gasteiger partial charge in [-0.25, -0.2) is 0 Å². The van der Waals surface area contributed by atoms with Gasteiger partial charge in [0, 0.05) is 6.42 Å². The average molecular weight is 312 g/mol. The Hall–Kier alpha value is -0.545. The van der Waals surface area contributed by atoms with Crippen molar-refractivity contribution < 1.29 is 18.8 Å². The van der Waals surface area contributed by atoms with Crippen LogP contribution in [-0.2, 0) is 18.8 Å². The molecule has 5 heteroatoms. The van der Waals surface area contributed by atoms with Gasteiger partial charge in [-0.15, -0.1) is 0 Å². The molecule has 0 amide bonds.